The van der Waals surface area contributed by atoms with E-state index < -0.39 is 0 Å². The third-order valence-electron chi connectivity index (χ3n) is 3.15. The summed E-state index contributed by atoms with van der Waals surface area (Å²) < 4.78 is 0. The Morgan fingerprint density at radius 3 is 2.57 bits per heavy atom. The van der Waals surface area contributed by atoms with Crippen molar-refractivity contribution in [2.45, 2.75) is 33.7 Å². The van der Waals surface area contributed by atoms with Crippen LogP contribution in [0.5, 0.6) is 0 Å². The smallest absolute Gasteiger partial charge is 0.191 e. The Kier molecular flexibility index (Phi) is 5.76. The summed E-state index contributed by atoms with van der Waals surface area (Å²) >= 11 is 3.59. The summed E-state index contributed by atoms with van der Waals surface area (Å²) in [5.74, 6) is 0.839. The lowest BCUT2D eigenvalue weighted by atomic mass is 10.4. The van der Waals surface area contributed by atoms with Crippen LogP contribution >= 0.6 is 22.7 Å². The topological polar surface area (TPSA) is 49.3 Å². The van der Waals surface area contributed by atoms with Gasteiger partial charge < -0.3 is 10.6 Å². The monoisotopic (exact) mass is 322 g/mol. The first-order valence-corrected chi connectivity index (χ1v) is 8.64. The molecule has 0 aliphatic rings. The second kappa shape index (κ2) is 7.56. The van der Waals surface area contributed by atoms with Gasteiger partial charge in [0.15, 0.2) is 5.96 Å². The molecule has 0 saturated heterocycles. The number of hydrogen-bond acceptors (Lipinski definition) is 4. The number of guanidine groups is 1. The van der Waals surface area contributed by atoms with Crippen molar-refractivity contribution in [1.29, 1.82) is 0 Å². The van der Waals surface area contributed by atoms with Crippen LogP contribution in [0.3, 0.4) is 0 Å². The zero-order valence-electron chi connectivity index (χ0n) is 13.0. The quantitative estimate of drug-likeness (QED) is 0.657. The van der Waals surface area contributed by atoms with E-state index in [1.165, 1.54) is 19.6 Å². The number of thiophene rings is 1. The molecule has 0 bridgehead atoms. The van der Waals surface area contributed by atoms with Gasteiger partial charge in [0.2, 0.25) is 0 Å². The predicted molar refractivity (Wildman–Crippen MR) is 92.5 cm³/mol. The molecule has 0 aromatic carbocycles. The fraction of sp³-hybridized carbons (Fsp3) is 0.467. The lowest BCUT2D eigenvalue weighted by Gasteiger charge is -2.10. The number of rotatable bonds is 5. The zero-order valence-corrected chi connectivity index (χ0v) is 14.6. The summed E-state index contributed by atoms with van der Waals surface area (Å²) in [5, 5.41) is 7.85. The second-order valence-corrected chi connectivity index (χ2v) is 7.52. The molecule has 0 aliphatic heterocycles. The third kappa shape index (κ3) is 4.82. The minimum atomic E-state index is 0.813. The van der Waals surface area contributed by atoms with Gasteiger partial charge in [-0.05, 0) is 32.9 Å². The van der Waals surface area contributed by atoms with Crippen LogP contribution in [0.2, 0.25) is 0 Å². The molecule has 0 spiro atoms. The minimum Gasteiger partial charge on any atom is -0.356 e. The molecule has 21 heavy (non-hydrogen) atoms. The number of aryl methyl sites for hydroxylation is 3. The van der Waals surface area contributed by atoms with Gasteiger partial charge in [0.05, 0.1) is 17.2 Å². The molecule has 0 amide bonds. The first-order chi connectivity index (χ1) is 10.1. The summed E-state index contributed by atoms with van der Waals surface area (Å²) in [6.07, 6.45) is 0.929. The largest absolute Gasteiger partial charge is 0.356 e. The van der Waals surface area contributed by atoms with Gasteiger partial charge in [-0.25, -0.2) is 4.98 Å². The van der Waals surface area contributed by atoms with Crippen molar-refractivity contribution in [3.05, 3.63) is 37.5 Å². The van der Waals surface area contributed by atoms with Crippen molar-refractivity contribution in [1.82, 2.24) is 15.6 Å². The van der Waals surface area contributed by atoms with Crippen LogP contribution in [0.25, 0.3) is 0 Å². The van der Waals surface area contributed by atoms with Crippen molar-refractivity contribution >= 4 is 28.6 Å². The number of hydrogen-bond donors (Lipinski definition) is 2. The first kappa shape index (κ1) is 16.0. The highest BCUT2D eigenvalue weighted by Gasteiger charge is 2.04. The Balaban J connectivity index is 1.75. The molecule has 0 saturated carbocycles. The van der Waals surface area contributed by atoms with Crippen LogP contribution in [-0.2, 0) is 13.0 Å². The first-order valence-electron chi connectivity index (χ1n) is 7.01. The van der Waals surface area contributed by atoms with Crippen LogP contribution in [0.4, 0.5) is 0 Å². The van der Waals surface area contributed by atoms with E-state index in [2.05, 4.69) is 53.5 Å². The van der Waals surface area contributed by atoms with E-state index in [9.17, 15) is 0 Å². The van der Waals surface area contributed by atoms with Crippen LogP contribution < -0.4 is 10.6 Å². The van der Waals surface area contributed by atoms with Crippen molar-refractivity contribution < 1.29 is 0 Å². The van der Waals surface area contributed by atoms with E-state index in [-0.39, 0.29) is 0 Å². The minimum absolute atomic E-state index is 0.813. The van der Waals surface area contributed by atoms with E-state index in [0.717, 1.165) is 31.2 Å². The number of nitrogens with zero attached hydrogens (tertiary/aromatic N) is 2. The average molecular weight is 323 g/mol. The predicted octanol–water partition coefficient (Wildman–Crippen LogP) is 3.04. The number of aromatic nitrogens is 1. The maximum atomic E-state index is 4.55. The molecule has 0 unspecified atom stereocenters. The van der Waals surface area contributed by atoms with Gasteiger partial charge in [-0.2, -0.15) is 0 Å². The zero-order chi connectivity index (χ0) is 15.2. The molecular formula is C15H22N4S2. The molecule has 2 rings (SSSR count). The fourth-order valence-electron chi connectivity index (χ4n) is 1.91. The summed E-state index contributed by atoms with van der Waals surface area (Å²) in [6.45, 7) is 7.96. The van der Waals surface area contributed by atoms with Crippen LogP contribution in [0.1, 0.15) is 25.3 Å². The van der Waals surface area contributed by atoms with E-state index in [4.69, 9.17) is 0 Å². The second-order valence-electron chi connectivity index (χ2n) is 4.86. The van der Waals surface area contributed by atoms with Crippen LogP contribution in [0.15, 0.2) is 17.1 Å². The number of aliphatic imine (C=N–C) groups is 1. The van der Waals surface area contributed by atoms with Crippen molar-refractivity contribution in [3.8, 4) is 0 Å². The fourth-order valence-corrected chi connectivity index (χ4v) is 3.67. The molecule has 2 aromatic rings. The SMILES string of the molecule is CN=C(NCCc1nc(C)c(C)s1)NCc1ccc(C)s1. The molecule has 4 nitrogen and oxygen atoms in total. The Morgan fingerprint density at radius 1 is 1.19 bits per heavy atom. The van der Waals surface area contributed by atoms with Crippen molar-refractivity contribution in [2.75, 3.05) is 13.6 Å². The highest BCUT2D eigenvalue weighted by molar-refractivity contribution is 7.12. The summed E-state index contributed by atoms with van der Waals surface area (Å²) in [4.78, 5) is 12.8. The van der Waals surface area contributed by atoms with E-state index >= 15 is 0 Å². The normalized spacial score (nSPS) is 11.7. The molecule has 2 N–H and O–H groups in total. The molecule has 6 heteroatoms. The lowest BCUT2D eigenvalue weighted by Crippen LogP contribution is -2.37. The van der Waals surface area contributed by atoms with Crippen molar-refractivity contribution in [2.24, 2.45) is 4.99 Å². The van der Waals surface area contributed by atoms with Gasteiger partial charge in [-0.1, -0.05) is 0 Å². The van der Waals surface area contributed by atoms with Crippen molar-refractivity contribution in [3.63, 3.8) is 0 Å². The van der Waals surface area contributed by atoms with Crippen LogP contribution in [0, 0.1) is 20.8 Å². The summed E-state index contributed by atoms with van der Waals surface area (Å²) in [7, 11) is 1.80. The van der Waals surface area contributed by atoms with Gasteiger partial charge in [0.25, 0.3) is 0 Å². The highest BCUT2D eigenvalue weighted by Crippen LogP contribution is 2.16. The van der Waals surface area contributed by atoms with E-state index in [1.54, 1.807) is 18.4 Å². The molecule has 114 valence electrons. The standard InChI is InChI=1S/C15H22N4S2/c1-10-5-6-13(20-10)9-18-15(16-4)17-8-7-14-19-11(2)12(3)21-14/h5-6H,7-9H2,1-4H3,(H2,16,17,18). The Bertz CT molecular complexity index is 593. The number of nitrogens with one attached hydrogen (secondary N) is 2. The van der Waals surface area contributed by atoms with Gasteiger partial charge in [-0.15, -0.1) is 22.7 Å². The van der Waals surface area contributed by atoms with Gasteiger partial charge in [0, 0.05) is 34.6 Å². The Hall–Kier alpha value is -1.40. The molecule has 0 fully saturated rings. The summed E-state index contributed by atoms with van der Waals surface area (Å²) in [6, 6.07) is 4.30. The Morgan fingerprint density at radius 2 is 2.00 bits per heavy atom. The van der Waals surface area contributed by atoms with Crippen LogP contribution in [-0.4, -0.2) is 24.5 Å². The molecule has 0 atom stereocenters. The number of thiazole rings is 1. The molecule has 2 aromatic heterocycles. The molecule has 2 heterocycles. The maximum absolute atomic E-state index is 4.55. The highest BCUT2D eigenvalue weighted by atomic mass is 32.1. The average Bonchev–Trinajstić information content (AvgIpc) is 3.00. The van der Waals surface area contributed by atoms with Gasteiger partial charge in [0.1, 0.15) is 0 Å². The van der Waals surface area contributed by atoms with E-state index in [0.29, 0.717) is 0 Å². The van der Waals surface area contributed by atoms with Gasteiger partial charge in [-0.3, -0.25) is 4.99 Å². The lowest BCUT2D eigenvalue weighted by molar-refractivity contribution is 0.795. The summed E-state index contributed by atoms with van der Waals surface area (Å²) in [5.41, 5.74) is 1.14. The Labute approximate surface area is 134 Å². The van der Waals surface area contributed by atoms with E-state index in [1.807, 2.05) is 11.3 Å². The third-order valence-corrected chi connectivity index (χ3v) is 5.29. The molecule has 0 radical (unpaired) electrons. The molecular weight excluding hydrogens is 300 g/mol. The van der Waals surface area contributed by atoms with Gasteiger partial charge >= 0.3 is 0 Å². The maximum Gasteiger partial charge on any atom is 0.191 e. The molecule has 0 aliphatic carbocycles.